The number of nitrogens with two attached hydrogens (primary N) is 1. The van der Waals surface area contributed by atoms with Crippen LogP contribution in [0.15, 0.2) is 117 Å². The molecule has 0 bridgehead atoms. The average molecular weight is 513 g/mol. The Hall–Kier alpha value is -3.97. The predicted octanol–water partition coefficient (Wildman–Crippen LogP) is 5.59. The lowest BCUT2D eigenvalue weighted by Crippen LogP contribution is -2.35. The molecule has 0 saturated heterocycles. The van der Waals surface area contributed by atoms with Crippen molar-refractivity contribution >= 4 is 27.2 Å². The molecule has 1 aliphatic heterocycles. The highest BCUT2D eigenvalue weighted by Crippen LogP contribution is 2.48. The van der Waals surface area contributed by atoms with Crippen molar-refractivity contribution in [1.29, 1.82) is 0 Å². The number of carbonyl (C=O) groups excluding carboxylic acids is 1. The zero-order chi connectivity index (χ0) is 26.4. The van der Waals surface area contributed by atoms with E-state index in [2.05, 4.69) is 4.99 Å². The van der Waals surface area contributed by atoms with Gasteiger partial charge < -0.3 is 10.8 Å². The summed E-state index contributed by atoms with van der Waals surface area (Å²) in [4.78, 5) is 18.4. The second-order valence-corrected chi connectivity index (χ2v) is 12.2. The van der Waals surface area contributed by atoms with E-state index in [0.29, 0.717) is 40.8 Å². The molecular formula is C30H28N2O4S. The Kier molecular flexibility index (Phi) is 6.12. The third kappa shape index (κ3) is 4.51. The molecule has 0 amide bonds. The van der Waals surface area contributed by atoms with Crippen molar-refractivity contribution in [3.8, 4) is 0 Å². The first kappa shape index (κ1) is 24.7. The van der Waals surface area contributed by atoms with Crippen LogP contribution in [0.5, 0.6) is 0 Å². The topological polar surface area (TPSA) is 110 Å². The van der Waals surface area contributed by atoms with Gasteiger partial charge in [-0.15, -0.1) is 0 Å². The third-order valence-corrected chi connectivity index (χ3v) is 8.67. The van der Waals surface area contributed by atoms with E-state index in [9.17, 15) is 18.3 Å². The van der Waals surface area contributed by atoms with Crippen LogP contribution in [0.2, 0.25) is 0 Å². The summed E-state index contributed by atoms with van der Waals surface area (Å²) in [5, 5.41) is 11.3. The second kappa shape index (κ2) is 9.16. The number of rotatable bonds is 4. The third-order valence-electron chi connectivity index (χ3n) is 6.88. The van der Waals surface area contributed by atoms with Crippen LogP contribution in [0.4, 0.5) is 0 Å². The Morgan fingerprint density at radius 1 is 0.892 bits per heavy atom. The van der Waals surface area contributed by atoms with E-state index < -0.39 is 15.8 Å². The minimum absolute atomic E-state index is 0.0492. The Bertz CT molecular complexity index is 1570. The highest BCUT2D eigenvalue weighted by atomic mass is 32.2. The maximum atomic E-state index is 13.5. The number of carbonyl (C=O) groups is 1. The molecule has 188 valence electrons. The number of amidine groups is 1. The van der Waals surface area contributed by atoms with Gasteiger partial charge >= 0.3 is 0 Å². The molecule has 3 aromatic carbocycles. The fourth-order valence-electron chi connectivity index (χ4n) is 5.15. The Labute approximate surface area is 216 Å². The van der Waals surface area contributed by atoms with E-state index in [1.54, 1.807) is 66.7 Å². The van der Waals surface area contributed by atoms with Crippen molar-refractivity contribution in [3.05, 3.63) is 113 Å². The summed E-state index contributed by atoms with van der Waals surface area (Å²) in [6, 6.07) is 23.7. The van der Waals surface area contributed by atoms with Gasteiger partial charge in [-0.1, -0.05) is 74.5 Å². The highest BCUT2D eigenvalue weighted by Gasteiger charge is 2.42. The first-order valence-electron chi connectivity index (χ1n) is 12.1. The Morgan fingerprint density at radius 2 is 1.46 bits per heavy atom. The van der Waals surface area contributed by atoms with Gasteiger partial charge in [0.05, 0.1) is 15.5 Å². The lowest BCUT2D eigenvalue weighted by Gasteiger charge is -2.37. The van der Waals surface area contributed by atoms with Gasteiger partial charge in [-0.25, -0.2) is 13.4 Å². The standard InChI is InChI=1S/C30H28N2O4S/c1-30(2)17-23-26(24(33)18-30)25(27(29(31)32-23)28(34)20-9-5-3-6-10-20)19-13-15-22(16-14-19)37(35,36)21-11-7-4-8-12-21/h3-16,25,34H,17-18H2,1-2H3,(H2,31,32). The van der Waals surface area contributed by atoms with Gasteiger partial charge in [0.15, 0.2) is 5.78 Å². The molecule has 1 aliphatic carbocycles. The largest absolute Gasteiger partial charge is 0.507 e. The highest BCUT2D eigenvalue weighted by molar-refractivity contribution is 7.91. The number of hydrogen-bond acceptors (Lipinski definition) is 6. The molecule has 1 heterocycles. The average Bonchev–Trinajstić information content (AvgIpc) is 2.88. The molecule has 0 aromatic heterocycles. The zero-order valence-corrected chi connectivity index (χ0v) is 21.5. The number of sulfone groups is 1. The number of aliphatic hydroxyl groups is 1. The van der Waals surface area contributed by atoms with Gasteiger partial charge in [-0.3, -0.25) is 4.79 Å². The fourth-order valence-corrected chi connectivity index (χ4v) is 6.43. The molecule has 37 heavy (non-hydrogen) atoms. The lowest BCUT2D eigenvalue weighted by atomic mass is 9.68. The van der Waals surface area contributed by atoms with Crippen LogP contribution in [-0.2, 0) is 14.6 Å². The number of Topliss-reactive ketones (excluding diaryl/α,β-unsaturated/α-hetero) is 1. The first-order valence-corrected chi connectivity index (χ1v) is 13.6. The molecule has 0 radical (unpaired) electrons. The van der Waals surface area contributed by atoms with Gasteiger partial charge in [0.1, 0.15) is 11.6 Å². The normalized spacial score (nSPS) is 20.8. The van der Waals surface area contributed by atoms with Crippen LogP contribution in [0.25, 0.3) is 5.76 Å². The van der Waals surface area contributed by atoms with Crippen LogP contribution < -0.4 is 5.73 Å². The fraction of sp³-hybridized carbons (Fsp3) is 0.200. The SMILES string of the molecule is CC1(C)CC(=O)C2=C(C1)N=C(N)C(=C(O)c1ccccc1)C2c1ccc(S(=O)(=O)c2ccccc2)cc1. The summed E-state index contributed by atoms with van der Waals surface area (Å²) in [6.07, 6.45) is 0.919. The van der Waals surface area contributed by atoms with Crippen molar-refractivity contribution in [2.45, 2.75) is 42.4 Å². The van der Waals surface area contributed by atoms with Crippen LogP contribution in [0.3, 0.4) is 0 Å². The number of benzene rings is 3. The molecule has 5 rings (SSSR count). The minimum Gasteiger partial charge on any atom is -0.507 e. The van der Waals surface area contributed by atoms with E-state index in [1.807, 2.05) is 19.9 Å². The van der Waals surface area contributed by atoms with Crippen molar-refractivity contribution in [2.75, 3.05) is 0 Å². The molecule has 0 spiro atoms. The monoisotopic (exact) mass is 512 g/mol. The Morgan fingerprint density at radius 3 is 2.08 bits per heavy atom. The summed E-state index contributed by atoms with van der Waals surface area (Å²) in [6.45, 7) is 4.04. The zero-order valence-electron chi connectivity index (χ0n) is 20.7. The van der Waals surface area contributed by atoms with Gasteiger partial charge in [0.25, 0.3) is 0 Å². The van der Waals surface area contributed by atoms with Crippen molar-refractivity contribution < 1.29 is 18.3 Å². The van der Waals surface area contributed by atoms with Crippen LogP contribution in [-0.4, -0.2) is 25.1 Å². The summed E-state index contributed by atoms with van der Waals surface area (Å²) >= 11 is 0. The quantitative estimate of drug-likeness (QED) is 0.443. The maximum absolute atomic E-state index is 13.5. The van der Waals surface area contributed by atoms with Crippen LogP contribution in [0.1, 0.15) is 43.7 Å². The molecule has 0 fully saturated rings. The number of aliphatic imine (C=N–C) groups is 1. The number of allylic oxidation sites excluding steroid dienone is 2. The summed E-state index contributed by atoms with van der Waals surface area (Å²) in [5.74, 6) is -0.634. The molecule has 6 nitrogen and oxygen atoms in total. The molecular weight excluding hydrogens is 484 g/mol. The number of nitrogens with zero attached hydrogens (tertiary/aromatic N) is 1. The van der Waals surface area contributed by atoms with Crippen LogP contribution >= 0.6 is 0 Å². The minimum atomic E-state index is -3.71. The summed E-state index contributed by atoms with van der Waals surface area (Å²) in [5.41, 5.74) is 8.86. The molecule has 7 heteroatoms. The van der Waals surface area contributed by atoms with E-state index in [4.69, 9.17) is 5.73 Å². The molecule has 0 saturated carbocycles. The van der Waals surface area contributed by atoms with E-state index in [-0.39, 0.29) is 32.6 Å². The molecule has 3 N–H and O–H groups in total. The first-order chi connectivity index (χ1) is 17.6. The van der Waals surface area contributed by atoms with Gasteiger partial charge in [-0.2, -0.15) is 0 Å². The van der Waals surface area contributed by atoms with Gasteiger partial charge in [0, 0.05) is 29.0 Å². The molecule has 1 unspecified atom stereocenters. The van der Waals surface area contributed by atoms with Gasteiger partial charge in [-0.05, 0) is 41.7 Å². The van der Waals surface area contributed by atoms with Crippen molar-refractivity contribution in [1.82, 2.24) is 0 Å². The molecule has 3 aromatic rings. The number of aliphatic hydroxyl groups excluding tert-OH is 1. The number of ketones is 1. The molecule has 1 atom stereocenters. The second-order valence-electron chi connectivity index (χ2n) is 10.2. The van der Waals surface area contributed by atoms with Crippen molar-refractivity contribution in [3.63, 3.8) is 0 Å². The van der Waals surface area contributed by atoms with E-state index >= 15 is 0 Å². The number of hydrogen-bond donors (Lipinski definition) is 2. The summed E-state index contributed by atoms with van der Waals surface area (Å²) in [7, 11) is -3.71. The maximum Gasteiger partial charge on any atom is 0.206 e. The van der Waals surface area contributed by atoms with E-state index in [1.165, 1.54) is 12.1 Å². The smallest absolute Gasteiger partial charge is 0.206 e. The van der Waals surface area contributed by atoms with Gasteiger partial charge in [0.2, 0.25) is 9.84 Å². The Balaban J connectivity index is 1.67. The molecule has 2 aliphatic rings. The predicted molar refractivity (Wildman–Crippen MR) is 144 cm³/mol. The van der Waals surface area contributed by atoms with Crippen LogP contribution in [0, 0.1) is 5.41 Å². The lowest BCUT2D eigenvalue weighted by molar-refractivity contribution is -0.118. The summed E-state index contributed by atoms with van der Waals surface area (Å²) < 4.78 is 26.3. The van der Waals surface area contributed by atoms with E-state index in [0.717, 1.165) is 0 Å². The van der Waals surface area contributed by atoms with Crippen molar-refractivity contribution in [2.24, 2.45) is 16.1 Å².